The molecule has 2 aromatic carbocycles. The van der Waals surface area contributed by atoms with E-state index in [1.165, 1.54) is 71.6 Å². The summed E-state index contributed by atoms with van der Waals surface area (Å²) in [6.45, 7) is 4.83. The van der Waals surface area contributed by atoms with Crippen molar-refractivity contribution in [2.24, 2.45) is 11.8 Å². The first kappa shape index (κ1) is 54.0. The van der Waals surface area contributed by atoms with E-state index >= 15 is 0 Å². The highest BCUT2D eigenvalue weighted by atomic mass is 35.5. The number of hydrogen-bond donors (Lipinski definition) is 2. The van der Waals surface area contributed by atoms with Gasteiger partial charge in [-0.3, -0.25) is 10.1 Å². The number of sulfone groups is 2. The van der Waals surface area contributed by atoms with E-state index in [2.05, 4.69) is 30.0 Å². The molecule has 2 aliphatic heterocycles. The molecule has 2 fully saturated rings. The van der Waals surface area contributed by atoms with Crippen LogP contribution >= 0.6 is 50.2 Å². The number of nitrogen functional groups attached to an aromatic ring is 1. The van der Waals surface area contributed by atoms with Crippen molar-refractivity contribution in [2.45, 2.75) is 36.5 Å². The van der Waals surface area contributed by atoms with Crippen LogP contribution in [0.4, 0.5) is 20.7 Å². The first-order chi connectivity index (χ1) is 28.3. The van der Waals surface area contributed by atoms with E-state index in [9.17, 15) is 35.2 Å². The molecular weight excluding hydrogens is 942 g/mol. The molecule has 2 atom stereocenters. The number of esters is 1. The molecule has 2 aliphatic rings. The Morgan fingerprint density at radius 2 is 1.21 bits per heavy atom. The number of methoxy groups -OCH3 is 3. The summed E-state index contributed by atoms with van der Waals surface area (Å²) in [7, 11) is -3.11. The molecule has 0 spiro atoms. The number of anilines is 2. The van der Waals surface area contributed by atoms with Gasteiger partial charge >= 0.3 is 5.97 Å². The highest BCUT2D eigenvalue weighted by Crippen LogP contribution is 2.28. The number of carbonyl (C=O) groups excluding carboxylic acids is 2. The third-order valence-corrected chi connectivity index (χ3v) is 13.1. The van der Waals surface area contributed by atoms with Gasteiger partial charge in [-0.25, -0.2) is 40.4 Å². The van der Waals surface area contributed by atoms with E-state index in [4.69, 9.17) is 47.9 Å². The molecule has 342 valence electrons. The van der Waals surface area contributed by atoms with Crippen molar-refractivity contribution >= 4 is 93.6 Å². The van der Waals surface area contributed by atoms with Crippen LogP contribution in [0.15, 0.2) is 46.2 Å². The molecule has 2 aromatic heterocycles. The number of nitrogens with one attached hydrogen (secondary N) is 1. The molecule has 4 aromatic rings. The highest BCUT2D eigenvalue weighted by molar-refractivity contribution is 7.91. The molecule has 17 nitrogen and oxygen atoms in total. The molecule has 0 aliphatic carbocycles. The van der Waals surface area contributed by atoms with Gasteiger partial charge in [0, 0.05) is 13.2 Å². The van der Waals surface area contributed by atoms with Gasteiger partial charge in [0.2, 0.25) is 11.9 Å². The largest absolute Gasteiger partial charge is 0.496 e. The first-order valence-corrected chi connectivity index (χ1v) is 21.9. The van der Waals surface area contributed by atoms with Gasteiger partial charge in [0.15, 0.2) is 41.6 Å². The van der Waals surface area contributed by atoms with E-state index in [0.29, 0.717) is 32.8 Å². The van der Waals surface area contributed by atoms with Crippen molar-refractivity contribution in [1.82, 2.24) is 19.9 Å². The van der Waals surface area contributed by atoms with Crippen LogP contribution in [0.3, 0.4) is 0 Å². The first-order valence-electron chi connectivity index (χ1n) is 17.8. The average Bonchev–Trinajstić information content (AvgIpc) is 3.93. The molecule has 0 unspecified atom stereocenters. The Labute approximate surface area is 381 Å². The van der Waals surface area contributed by atoms with Crippen molar-refractivity contribution in [2.75, 3.05) is 70.3 Å². The van der Waals surface area contributed by atoms with Crippen molar-refractivity contribution in [1.29, 1.82) is 0 Å². The maximum absolute atomic E-state index is 13.6. The van der Waals surface area contributed by atoms with Gasteiger partial charge in [0.05, 0.1) is 72.8 Å². The summed E-state index contributed by atoms with van der Waals surface area (Å²) in [6.07, 6.45) is 1.41. The number of nitrogens with zero attached hydrogens (tertiary/aromatic N) is 4. The van der Waals surface area contributed by atoms with Crippen LogP contribution in [0.2, 0.25) is 10.3 Å². The summed E-state index contributed by atoms with van der Waals surface area (Å²) in [5.41, 5.74) is 5.35. The summed E-state index contributed by atoms with van der Waals surface area (Å²) < 4.78 is 102. The molecule has 62 heavy (non-hydrogen) atoms. The fraction of sp³-hybridized carbons (Fsp3) is 0.405. The molecule has 3 N–H and O–H groups in total. The quantitative estimate of drug-likeness (QED) is 0.143. The van der Waals surface area contributed by atoms with Crippen LogP contribution in [-0.2, 0) is 33.9 Å². The number of rotatable bonds is 11. The topological polar surface area (TPSA) is 238 Å². The molecule has 0 bridgehead atoms. The number of aryl methyl sites for hydroxylation is 2. The predicted molar refractivity (Wildman–Crippen MR) is 236 cm³/mol. The SMILES string of the molecule is COC(=O)c1cc(S(=O)(=O)C[C@H]2CCOC2)ccc1OC.COc1ccc(S(=O)(=O)C[C@H]2CCOC2)cc1C(=O)Nc1nc(C)c(F)c(Cl)n1.Cc1nc(N)nc(Cl)c1F.S.S. The van der Waals surface area contributed by atoms with Crippen molar-refractivity contribution in [3.8, 4) is 11.5 Å². The minimum Gasteiger partial charge on any atom is -0.496 e. The lowest BCUT2D eigenvalue weighted by atomic mass is 10.2. The lowest BCUT2D eigenvalue weighted by Gasteiger charge is -2.13. The third-order valence-electron chi connectivity index (χ3n) is 8.86. The Morgan fingerprint density at radius 1 is 0.758 bits per heavy atom. The van der Waals surface area contributed by atoms with Crippen LogP contribution < -0.4 is 20.5 Å². The zero-order chi connectivity index (χ0) is 44.4. The molecule has 0 radical (unpaired) electrons. The minimum atomic E-state index is -3.63. The van der Waals surface area contributed by atoms with Crippen molar-refractivity contribution in [3.05, 3.63) is 80.9 Å². The maximum atomic E-state index is 13.6. The summed E-state index contributed by atoms with van der Waals surface area (Å²) in [4.78, 5) is 38.9. The fourth-order valence-corrected chi connectivity index (χ4v) is 9.48. The number of aromatic nitrogens is 4. The lowest BCUT2D eigenvalue weighted by molar-refractivity contribution is 0.0596. The van der Waals surface area contributed by atoms with Crippen LogP contribution in [0.25, 0.3) is 0 Å². The molecule has 0 saturated carbocycles. The van der Waals surface area contributed by atoms with E-state index in [1.54, 1.807) is 0 Å². The normalized spacial score (nSPS) is 15.6. The number of benzene rings is 2. The van der Waals surface area contributed by atoms with Crippen LogP contribution in [0.1, 0.15) is 44.9 Å². The summed E-state index contributed by atoms with van der Waals surface area (Å²) in [5, 5.41) is 1.72. The summed E-state index contributed by atoms with van der Waals surface area (Å²) in [5.74, 6) is -2.67. The van der Waals surface area contributed by atoms with Gasteiger partial charge in [-0.2, -0.15) is 37.0 Å². The molecular formula is C37H46Cl2F2N6O11S4. The number of nitrogens with two attached hydrogens (primary N) is 1. The predicted octanol–water partition coefficient (Wildman–Crippen LogP) is 5.33. The van der Waals surface area contributed by atoms with Gasteiger partial charge in [0.1, 0.15) is 17.1 Å². The Balaban J connectivity index is 0.000000350. The van der Waals surface area contributed by atoms with Gasteiger partial charge in [-0.15, -0.1) is 0 Å². The van der Waals surface area contributed by atoms with Crippen LogP contribution in [-0.4, -0.2) is 108 Å². The monoisotopic (exact) mass is 986 g/mol. The third kappa shape index (κ3) is 14.5. The van der Waals surface area contributed by atoms with Crippen LogP contribution in [0, 0.1) is 37.3 Å². The van der Waals surface area contributed by atoms with E-state index < -0.39 is 48.3 Å². The summed E-state index contributed by atoms with van der Waals surface area (Å²) in [6, 6.07) is 8.22. The number of ether oxygens (including phenoxy) is 5. The lowest BCUT2D eigenvalue weighted by Crippen LogP contribution is -2.19. The Kier molecular flexibility index (Phi) is 21.0. The molecule has 4 heterocycles. The standard InChI is InChI=1S/C18H19ClFN3O5S.C14H18O6S.C5H5ClFN3.2H2S/c1-10-15(20)16(19)22-18(21-10)23-17(24)13-7-12(3-4-14(13)27-2)29(25,26)9-11-5-6-28-8-11;1-18-13-4-3-11(7-12(13)14(15)19-2)21(16,17)9-10-5-6-20-8-10;1-2-3(7)4(6)10-5(8)9-2;;/h3-4,7,11H,5-6,8-9H2,1-2H3,(H,21,22,23,24);3-4,7,10H,5-6,8-9H2,1-2H3;1H3,(H2,8,9,10);2*1H2/t11-;10-;;;/m00.../s1. The second-order valence-electron chi connectivity index (χ2n) is 13.2. The number of halogens is 4. The molecule has 2 saturated heterocycles. The second kappa shape index (κ2) is 24.1. The molecule has 25 heteroatoms. The fourth-order valence-electron chi connectivity index (χ4n) is 5.74. The summed E-state index contributed by atoms with van der Waals surface area (Å²) >= 11 is 11.0. The molecule has 1 amide bonds. The van der Waals surface area contributed by atoms with Crippen LogP contribution in [0.5, 0.6) is 11.5 Å². The van der Waals surface area contributed by atoms with Gasteiger partial charge in [0.25, 0.3) is 5.91 Å². The van der Waals surface area contributed by atoms with Gasteiger partial charge < -0.3 is 29.4 Å². The van der Waals surface area contributed by atoms with E-state index in [-0.39, 0.29) is 111 Å². The smallest absolute Gasteiger partial charge is 0.341 e. The molecule has 6 rings (SSSR count). The van der Waals surface area contributed by atoms with E-state index in [0.717, 1.165) is 6.42 Å². The van der Waals surface area contributed by atoms with Crippen molar-refractivity contribution < 1.29 is 58.9 Å². The Bertz CT molecular complexity index is 2380. The zero-order valence-electron chi connectivity index (χ0n) is 34.0. The highest BCUT2D eigenvalue weighted by Gasteiger charge is 2.28. The second-order valence-corrected chi connectivity index (χ2v) is 18.0. The maximum Gasteiger partial charge on any atom is 0.341 e. The zero-order valence-corrected chi connectivity index (χ0v) is 39.1. The van der Waals surface area contributed by atoms with E-state index in [1.807, 2.05) is 0 Å². The van der Waals surface area contributed by atoms with Gasteiger partial charge in [-0.1, -0.05) is 23.2 Å². The number of carbonyl (C=O) groups is 2. The Morgan fingerprint density at radius 3 is 1.63 bits per heavy atom. The number of amides is 1. The number of hydrogen-bond acceptors (Lipinski definition) is 16. The van der Waals surface area contributed by atoms with Gasteiger partial charge in [-0.05, 0) is 74.9 Å². The van der Waals surface area contributed by atoms with Crippen molar-refractivity contribution in [3.63, 3.8) is 0 Å². The Hall–Kier alpha value is -4.10. The minimum absolute atomic E-state index is 0. The average molecular weight is 988 g/mol.